The molecule has 94 valence electrons. The second-order valence-corrected chi connectivity index (χ2v) is 4.82. The van der Waals surface area contributed by atoms with Crippen LogP contribution in [0.4, 0.5) is 4.39 Å². The quantitative estimate of drug-likeness (QED) is 0.893. The Kier molecular flexibility index (Phi) is 4.23. The highest BCUT2D eigenvalue weighted by Gasteiger charge is 2.09. The molecule has 4 heteroatoms. The maximum absolute atomic E-state index is 14.0. The largest absolute Gasteiger partial charge is 0.330 e. The van der Waals surface area contributed by atoms with Crippen molar-refractivity contribution in [3.8, 4) is 11.1 Å². The van der Waals surface area contributed by atoms with E-state index in [1.807, 2.05) is 6.07 Å². The first-order chi connectivity index (χ1) is 8.61. The van der Waals surface area contributed by atoms with Gasteiger partial charge in [0.1, 0.15) is 5.82 Å². The van der Waals surface area contributed by atoms with Crippen molar-refractivity contribution in [1.82, 2.24) is 0 Å². The minimum atomic E-state index is -0.301. The normalized spacial score (nSPS) is 10.7. The predicted molar refractivity (Wildman–Crippen MR) is 74.6 cm³/mol. The van der Waals surface area contributed by atoms with E-state index in [4.69, 9.17) is 28.9 Å². The van der Waals surface area contributed by atoms with Crippen molar-refractivity contribution in [3.05, 3.63) is 57.8 Å². The van der Waals surface area contributed by atoms with E-state index in [2.05, 4.69) is 0 Å². The molecule has 0 saturated heterocycles. The number of benzene rings is 2. The van der Waals surface area contributed by atoms with Crippen molar-refractivity contribution in [2.75, 3.05) is 6.54 Å². The summed E-state index contributed by atoms with van der Waals surface area (Å²) in [4.78, 5) is 0. The van der Waals surface area contributed by atoms with Gasteiger partial charge < -0.3 is 5.73 Å². The molecule has 0 aromatic heterocycles. The Morgan fingerprint density at radius 2 is 1.72 bits per heavy atom. The lowest BCUT2D eigenvalue weighted by molar-refractivity contribution is 0.629. The lowest BCUT2D eigenvalue weighted by Gasteiger charge is -2.08. The SMILES string of the molecule is NCCc1ccc(-c2ccc(Cl)cc2Cl)c(F)c1. The summed E-state index contributed by atoms with van der Waals surface area (Å²) >= 11 is 11.9. The molecule has 0 spiro atoms. The Labute approximate surface area is 115 Å². The maximum atomic E-state index is 14.0. The molecule has 0 radical (unpaired) electrons. The van der Waals surface area contributed by atoms with E-state index >= 15 is 0 Å². The van der Waals surface area contributed by atoms with Crippen LogP contribution in [0, 0.1) is 5.82 Å². The van der Waals surface area contributed by atoms with Crippen LogP contribution >= 0.6 is 23.2 Å². The average Bonchev–Trinajstić information content (AvgIpc) is 2.31. The van der Waals surface area contributed by atoms with Crippen LogP contribution in [0.5, 0.6) is 0 Å². The molecule has 0 heterocycles. The van der Waals surface area contributed by atoms with Crippen LogP contribution < -0.4 is 5.73 Å². The van der Waals surface area contributed by atoms with Gasteiger partial charge in [-0.15, -0.1) is 0 Å². The third kappa shape index (κ3) is 2.83. The number of hydrogen-bond donors (Lipinski definition) is 1. The van der Waals surface area contributed by atoms with Crippen molar-refractivity contribution in [2.24, 2.45) is 5.73 Å². The third-order valence-corrected chi connectivity index (χ3v) is 3.24. The number of nitrogens with two attached hydrogens (primary N) is 1. The molecule has 2 aromatic carbocycles. The molecular formula is C14H12Cl2FN. The Hall–Kier alpha value is -1.09. The molecule has 0 amide bonds. The minimum Gasteiger partial charge on any atom is -0.330 e. The molecule has 0 fully saturated rings. The molecule has 0 atom stereocenters. The standard InChI is InChI=1S/C14H12Cl2FN/c15-10-2-4-11(13(16)8-10)12-3-1-9(5-6-18)7-14(12)17/h1-4,7-8H,5-6,18H2. The highest BCUT2D eigenvalue weighted by Crippen LogP contribution is 2.32. The van der Waals surface area contributed by atoms with Gasteiger partial charge in [-0.25, -0.2) is 4.39 Å². The molecule has 2 rings (SSSR count). The van der Waals surface area contributed by atoms with Crippen LogP contribution in [0.15, 0.2) is 36.4 Å². The summed E-state index contributed by atoms with van der Waals surface area (Å²) in [5.74, 6) is -0.301. The molecule has 0 aliphatic carbocycles. The topological polar surface area (TPSA) is 26.0 Å². The Bertz CT molecular complexity index is 570. The number of rotatable bonds is 3. The van der Waals surface area contributed by atoms with Gasteiger partial charge in [-0.3, -0.25) is 0 Å². The van der Waals surface area contributed by atoms with Crippen LogP contribution in [0.1, 0.15) is 5.56 Å². The molecule has 0 aliphatic rings. The van der Waals surface area contributed by atoms with Gasteiger partial charge in [-0.05, 0) is 36.7 Å². The van der Waals surface area contributed by atoms with E-state index in [9.17, 15) is 4.39 Å². The maximum Gasteiger partial charge on any atom is 0.131 e. The van der Waals surface area contributed by atoms with Crippen molar-refractivity contribution in [3.63, 3.8) is 0 Å². The van der Waals surface area contributed by atoms with Crippen molar-refractivity contribution in [2.45, 2.75) is 6.42 Å². The Balaban J connectivity index is 2.44. The van der Waals surface area contributed by atoms with Gasteiger partial charge in [-0.1, -0.05) is 41.4 Å². The van der Waals surface area contributed by atoms with Crippen LogP contribution in [0.3, 0.4) is 0 Å². The van der Waals surface area contributed by atoms with E-state index in [1.165, 1.54) is 6.07 Å². The summed E-state index contributed by atoms with van der Waals surface area (Å²) in [7, 11) is 0. The van der Waals surface area contributed by atoms with Gasteiger partial charge in [0.25, 0.3) is 0 Å². The number of halogens is 3. The molecule has 2 aromatic rings. The zero-order valence-electron chi connectivity index (χ0n) is 9.59. The molecule has 0 unspecified atom stereocenters. The first-order valence-corrected chi connectivity index (χ1v) is 6.31. The monoisotopic (exact) mass is 283 g/mol. The van der Waals surface area contributed by atoms with E-state index in [0.717, 1.165) is 5.56 Å². The van der Waals surface area contributed by atoms with Gasteiger partial charge >= 0.3 is 0 Å². The summed E-state index contributed by atoms with van der Waals surface area (Å²) < 4.78 is 14.0. The van der Waals surface area contributed by atoms with Crippen LogP contribution in [0.2, 0.25) is 10.0 Å². The molecule has 0 aliphatic heterocycles. The highest BCUT2D eigenvalue weighted by atomic mass is 35.5. The fourth-order valence-corrected chi connectivity index (χ4v) is 2.32. The zero-order valence-corrected chi connectivity index (χ0v) is 11.1. The first kappa shape index (κ1) is 13.3. The van der Waals surface area contributed by atoms with Crippen molar-refractivity contribution >= 4 is 23.2 Å². The smallest absolute Gasteiger partial charge is 0.131 e. The van der Waals surface area contributed by atoms with E-state index in [1.54, 1.807) is 24.3 Å². The summed E-state index contributed by atoms with van der Waals surface area (Å²) in [5, 5.41) is 0.969. The van der Waals surface area contributed by atoms with Crippen molar-refractivity contribution < 1.29 is 4.39 Å². The fraction of sp³-hybridized carbons (Fsp3) is 0.143. The lowest BCUT2D eigenvalue weighted by atomic mass is 10.0. The first-order valence-electron chi connectivity index (χ1n) is 5.55. The molecule has 0 saturated carbocycles. The van der Waals surface area contributed by atoms with E-state index in [0.29, 0.717) is 34.1 Å². The zero-order chi connectivity index (χ0) is 13.1. The molecule has 18 heavy (non-hydrogen) atoms. The average molecular weight is 284 g/mol. The van der Waals surface area contributed by atoms with Gasteiger partial charge in [0.2, 0.25) is 0 Å². The molecule has 2 N–H and O–H groups in total. The van der Waals surface area contributed by atoms with Crippen LogP contribution in [0.25, 0.3) is 11.1 Å². The van der Waals surface area contributed by atoms with Crippen molar-refractivity contribution in [1.29, 1.82) is 0 Å². The van der Waals surface area contributed by atoms with Crippen LogP contribution in [-0.4, -0.2) is 6.54 Å². The Morgan fingerprint density at radius 1 is 1.00 bits per heavy atom. The lowest BCUT2D eigenvalue weighted by Crippen LogP contribution is -2.03. The predicted octanol–water partition coefficient (Wildman–Crippen LogP) is 4.30. The van der Waals surface area contributed by atoms with Crippen LogP contribution in [-0.2, 0) is 6.42 Å². The van der Waals surface area contributed by atoms with Gasteiger partial charge in [0.15, 0.2) is 0 Å². The summed E-state index contributed by atoms with van der Waals surface area (Å²) in [5.41, 5.74) is 7.43. The summed E-state index contributed by atoms with van der Waals surface area (Å²) in [6, 6.07) is 10.1. The van der Waals surface area contributed by atoms with E-state index in [-0.39, 0.29) is 5.82 Å². The minimum absolute atomic E-state index is 0.301. The summed E-state index contributed by atoms with van der Waals surface area (Å²) in [6.45, 7) is 0.500. The number of hydrogen-bond acceptors (Lipinski definition) is 1. The third-order valence-electron chi connectivity index (χ3n) is 2.69. The molecule has 0 bridgehead atoms. The van der Waals surface area contributed by atoms with Gasteiger partial charge in [0, 0.05) is 21.2 Å². The second-order valence-electron chi connectivity index (χ2n) is 3.98. The van der Waals surface area contributed by atoms with Gasteiger partial charge in [-0.2, -0.15) is 0 Å². The fourth-order valence-electron chi connectivity index (χ4n) is 1.81. The van der Waals surface area contributed by atoms with E-state index < -0.39 is 0 Å². The van der Waals surface area contributed by atoms with Gasteiger partial charge in [0.05, 0.1) is 0 Å². The molecular weight excluding hydrogens is 272 g/mol. The summed E-state index contributed by atoms with van der Waals surface area (Å²) in [6.07, 6.45) is 0.658. The molecule has 1 nitrogen and oxygen atoms in total. The Morgan fingerprint density at radius 3 is 2.33 bits per heavy atom. The second kappa shape index (κ2) is 5.70. The highest BCUT2D eigenvalue weighted by molar-refractivity contribution is 6.36.